The lowest BCUT2D eigenvalue weighted by atomic mass is 9.83. The van der Waals surface area contributed by atoms with Gasteiger partial charge in [-0.25, -0.2) is 4.79 Å². The number of hydrogen-bond donors (Lipinski definition) is 3. The van der Waals surface area contributed by atoms with Crippen LogP contribution < -0.4 is 16.0 Å². The van der Waals surface area contributed by atoms with Crippen LogP contribution >= 0.6 is 0 Å². The molecule has 1 saturated heterocycles. The summed E-state index contributed by atoms with van der Waals surface area (Å²) in [5.41, 5.74) is 2.04. The fraction of sp³-hybridized carbons (Fsp3) is 0.556. The third kappa shape index (κ3) is 10.9. The number of nitrogens with one attached hydrogen (secondary N) is 3. The van der Waals surface area contributed by atoms with Crippen LogP contribution in [0.1, 0.15) is 77.3 Å². The fourth-order valence-corrected chi connectivity index (χ4v) is 6.16. The van der Waals surface area contributed by atoms with Crippen molar-refractivity contribution in [1.29, 1.82) is 0 Å². The second kappa shape index (κ2) is 16.6. The van der Waals surface area contributed by atoms with Crippen LogP contribution in [-0.4, -0.2) is 77.5 Å². The summed E-state index contributed by atoms with van der Waals surface area (Å²) in [6.07, 6.45) is 4.95. The van der Waals surface area contributed by atoms with E-state index in [0.717, 1.165) is 57.3 Å². The van der Waals surface area contributed by atoms with Crippen LogP contribution in [0.2, 0.25) is 0 Å². The van der Waals surface area contributed by atoms with Gasteiger partial charge in [-0.1, -0.05) is 68.7 Å². The highest BCUT2D eigenvalue weighted by molar-refractivity contribution is 5.97. The summed E-state index contributed by atoms with van der Waals surface area (Å²) in [5.74, 6) is -0.492. The van der Waals surface area contributed by atoms with Gasteiger partial charge in [0.2, 0.25) is 17.7 Å². The highest BCUT2D eigenvalue weighted by Crippen LogP contribution is 2.28. The molecule has 1 aliphatic carbocycles. The second-order valence-corrected chi connectivity index (χ2v) is 13.5. The molecule has 1 aliphatic heterocycles. The number of benzene rings is 2. The second-order valence-electron chi connectivity index (χ2n) is 13.5. The smallest absolute Gasteiger partial charge is 0.408 e. The molecule has 2 aromatic rings. The number of anilines is 1. The SMILES string of the molecule is CCC(=O)NC(Cc1ccc(NC(=O)C(NC(=O)OC(C)(C)C)C2CCCCC2)cc1)C(=O)N1CCN(Cc2ccccc2)CC1. The van der Waals surface area contributed by atoms with Gasteiger partial charge in [0.05, 0.1) is 0 Å². The first-order chi connectivity index (χ1) is 22.0. The molecular weight excluding hydrogens is 582 g/mol. The molecule has 0 radical (unpaired) electrons. The molecule has 2 fully saturated rings. The highest BCUT2D eigenvalue weighted by atomic mass is 16.6. The first kappa shape index (κ1) is 34.9. The lowest BCUT2D eigenvalue weighted by molar-refractivity contribution is -0.138. The summed E-state index contributed by atoms with van der Waals surface area (Å²) in [6, 6.07) is 16.2. The Bertz CT molecular complexity index is 1300. The number of rotatable bonds is 11. The lowest BCUT2D eigenvalue weighted by Gasteiger charge is -2.36. The molecule has 1 saturated carbocycles. The number of hydrogen-bond acceptors (Lipinski definition) is 6. The molecule has 2 atom stereocenters. The number of carbonyl (C=O) groups is 4. The molecule has 10 nitrogen and oxygen atoms in total. The summed E-state index contributed by atoms with van der Waals surface area (Å²) in [7, 11) is 0. The van der Waals surface area contributed by atoms with Gasteiger partial charge in [0.1, 0.15) is 17.7 Å². The standard InChI is InChI=1S/C36H51N5O5/c1-5-31(42)38-30(34(44)41-22-20-40(21-23-41)25-27-12-8-6-9-13-27)24-26-16-18-29(19-17-26)37-33(43)32(28-14-10-7-11-15-28)39-35(45)46-36(2,3)4/h6,8-9,12-13,16-19,28,30,32H,5,7,10-11,14-15,20-25H2,1-4H3,(H,37,43)(H,38,42)(H,39,45). The van der Waals surface area contributed by atoms with Crippen LogP contribution in [0.4, 0.5) is 10.5 Å². The first-order valence-electron chi connectivity index (χ1n) is 16.7. The molecule has 250 valence electrons. The van der Waals surface area contributed by atoms with Crippen molar-refractivity contribution in [1.82, 2.24) is 20.4 Å². The predicted molar refractivity (Wildman–Crippen MR) is 179 cm³/mol. The van der Waals surface area contributed by atoms with Gasteiger partial charge in [-0.15, -0.1) is 0 Å². The van der Waals surface area contributed by atoms with Crippen LogP contribution in [0, 0.1) is 5.92 Å². The summed E-state index contributed by atoms with van der Waals surface area (Å²) >= 11 is 0. The number of alkyl carbamates (subject to hydrolysis) is 1. The third-order valence-electron chi connectivity index (χ3n) is 8.62. The average molecular weight is 634 g/mol. The van der Waals surface area contributed by atoms with E-state index >= 15 is 0 Å². The molecule has 4 rings (SSSR count). The van der Waals surface area contributed by atoms with Gasteiger partial charge in [-0.3, -0.25) is 19.3 Å². The molecule has 46 heavy (non-hydrogen) atoms. The summed E-state index contributed by atoms with van der Waals surface area (Å²) < 4.78 is 5.45. The topological polar surface area (TPSA) is 120 Å². The summed E-state index contributed by atoms with van der Waals surface area (Å²) in [5, 5.41) is 8.72. The number of carbonyl (C=O) groups excluding carboxylic acids is 4. The Labute approximate surface area is 273 Å². The maximum Gasteiger partial charge on any atom is 0.408 e. The normalized spacial score (nSPS) is 17.4. The number of amides is 4. The highest BCUT2D eigenvalue weighted by Gasteiger charge is 2.33. The minimum Gasteiger partial charge on any atom is -0.444 e. The Hall–Kier alpha value is -3.92. The minimum atomic E-state index is -0.700. The molecule has 10 heteroatoms. The van der Waals surface area contributed by atoms with Crippen molar-refractivity contribution in [2.45, 2.75) is 96.9 Å². The lowest BCUT2D eigenvalue weighted by Crippen LogP contribution is -2.55. The third-order valence-corrected chi connectivity index (χ3v) is 8.62. The van der Waals surface area contributed by atoms with E-state index < -0.39 is 23.8 Å². The van der Waals surface area contributed by atoms with E-state index in [9.17, 15) is 19.2 Å². The Morgan fingerprint density at radius 3 is 2.11 bits per heavy atom. The van der Waals surface area contributed by atoms with E-state index in [4.69, 9.17) is 4.74 Å². The van der Waals surface area contributed by atoms with Gasteiger partial charge in [-0.05, 0) is 62.8 Å². The maximum atomic E-state index is 13.6. The van der Waals surface area contributed by atoms with Crippen molar-refractivity contribution in [2.75, 3.05) is 31.5 Å². The zero-order valence-corrected chi connectivity index (χ0v) is 27.8. The van der Waals surface area contributed by atoms with Crippen molar-refractivity contribution >= 4 is 29.5 Å². The van der Waals surface area contributed by atoms with Crippen molar-refractivity contribution in [2.24, 2.45) is 5.92 Å². The van der Waals surface area contributed by atoms with Crippen LogP contribution in [-0.2, 0) is 32.1 Å². The van der Waals surface area contributed by atoms with Gasteiger partial charge in [0, 0.05) is 51.3 Å². The molecule has 3 N–H and O–H groups in total. The zero-order valence-electron chi connectivity index (χ0n) is 27.8. The Morgan fingerprint density at radius 2 is 1.50 bits per heavy atom. The first-order valence-corrected chi connectivity index (χ1v) is 16.7. The van der Waals surface area contributed by atoms with Crippen LogP contribution in [0.25, 0.3) is 0 Å². The Balaban J connectivity index is 1.36. The molecule has 1 heterocycles. The number of piperazine rings is 1. The molecular formula is C36H51N5O5. The van der Waals surface area contributed by atoms with E-state index in [1.165, 1.54) is 5.56 Å². The molecule has 2 unspecified atom stereocenters. The van der Waals surface area contributed by atoms with Crippen LogP contribution in [0.3, 0.4) is 0 Å². The number of ether oxygens (including phenoxy) is 1. The van der Waals surface area contributed by atoms with Gasteiger partial charge in [-0.2, -0.15) is 0 Å². The van der Waals surface area contributed by atoms with E-state index in [-0.39, 0.29) is 23.6 Å². The molecule has 4 amide bonds. The summed E-state index contributed by atoms with van der Waals surface area (Å²) in [4.78, 5) is 56.2. The largest absolute Gasteiger partial charge is 0.444 e. The van der Waals surface area contributed by atoms with Gasteiger partial charge >= 0.3 is 6.09 Å². The van der Waals surface area contributed by atoms with Gasteiger partial charge in [0.25, 0.3) is 0 Å². The molecule has 0 aromatic heterocycles. The predicted octanol–water partition coefficient (Wildman–Crippen LogP) is 4.88. The monoisotopic (exact) mass is 633 g/mol. The van der Waals surface area contributed by atoms with Crippen LogP contribution in [0.15, 0.2) is 54.6 Å². The van der Waals surface area contributed by atoms with E-state index in [1.54, 1.807) is 39.8 Å². The molecule has 0 bridgehead atoms. The fourth-order valence-electron chi connectivity index (χ4n) is 6.16. The van der Waals surface area contributed by atoms with E-state index in [0.29, 0.717) is 31.6 Å². The Kier molecular flexibility index (Phi) is 12.6. The van der Waals surface area contributed by atoms with E-state index in [1.807, 2.05) is 35.2 Å². The van der Waals surface area contributed by atoms with Crippen molar-refractivity contribution < 1.29 is 23.9 Å². The van der Waals surface area contributed by atoms with Crippen LogP contribution in [0.5, 0.6) is 0 Å². The van der Waals surface area contributed by atoms with E-state index in [2.05, 4.69) is 33.0 Å². The summed E-state index contributed by atoms with van der Waals surface area (Å²) in [6.45, 7) is 10.8. The van der Waals surface area contributed by atoms with Crippen molar-refractivity contribution in [3.05, 3.63) is 65.7 Å². The molecule has 2 aliphatic rings. The molecule has 0 spiro atoms. The maximum absolute atomic E-state index is 13.6. The van der Waals surface area contributed by atoms with Gasteiger partial charge < -0.3 is 25.6 Å². The van der Waals surface area contributed by atoms with Gasteiger partial charge in [0.15, 0.2) is 0 Å². The van der Waals surface area contributed by atoms with Crippen molar-refractivity contribution in [3.8, 4) is 0 Å². The minimum absolute atomic E-state index is 0.0368. The number of nitrogens with zero attached hydrogens (tertiary/aromatic N) is 2. The zero-order chi connectivity index (χ0) is 33.1. The van der Waals surface area contributed by atoms with Crippen molar-refractivity contribution in [3.63, 3.8) is 0 Å². The quantitative estimate of drug-likeness (QED) is 0.325. The Morgan fingerprint density at radius 1 is 0.848 bits per heavy atom. The average Bonchev–Trinajstić information content (AvgIpc) is 3.04. The molecule has 2 aromatic carbocycles.